The lowest BCUT2D eigenvalue weighted by atomic mass is 9.98. The standard InChI is InChI=1S/C19H26N2S/c1-4-11-21-19(20)17-8-6-5-7-16(17)13-22-18-12-14(2)9-10-15(18)3/h7-10,12H,4-6,11,13H2,1-3H3,(H2,20,21). The first-order valence-corrected chi connectivity index (χ1v) is 9.00. The zero-order valence-corrected chi connectivity index (χ0v) is 14.7. The smallest absolute Gasteiger partial charge is 0.125 e. The van der Waals surface area contributed by atoms with Crippen LogP contribution in [0.4, 0.5) is 0 Å². The molecule has 1 aliphatic carbocycles. The monoisotopic (exact) mass is 314 g/mol. The fourth-order valence-corrected chi connectivity index (χ4v) is 3.62. The van der Waals surface area contributed by atoms with E-state index in [9.17, 15) is 0 Å². The van der Waals surface area contributed by atoms with E-state index in [0.717, 1.165) is 37.1 Å². The van der Waals surface area contributed by atoms with E-state index in [-0.39, 0.29) is 0 Å². The van der Waals surface area contributed by atoms with Crippen molar-refractivity contribution < 1.29 is 0 Å². The largest absolute Gasteiger partial charge is 0.384 e. The van der Waals surface area contributed by atoms with Gasteiger partial charge in [0.05, 0.1) is 0 Å². The Bertz CT molecular complexity index is 612. The highest BCUT2D eigenvalue weighted by atomic mass is 32.2. The molecule has 0 fully saturated rings. The van der Waals surface area contributed by atoms with Crippen molar-refractivity contribution in [2.24, 2.45) is 10.7 Å². The second-order valence-corrected chi connectivity index (χ2v) is 6.77. The Morgan fingerprint density at radius 1 is 1.23 bits per heavy atom. The zero-order valence-electron chi connectivity index (χ0n) is 13.9. The Hall–Kier alpha value is -1.48. The Labute approximate surface area is 138 Å². The molecule has 0 atom stereocenters. The van der Waals surface area contributed by atoms with Crippen LogP contribution in [0.15, 0.2) is 51.4 Å². The summed E-state index contributed by atoms with van der Waals surface area (Å²) in [4.78, 5) is 5.84. The van der Waals surface area contributed by atoms with E-state index in [1.807, 2.05) is 11.8 Å². The van der Waals surface area contributed by atoms with Gasteiger partial charge in [-0.05, 0) is 50.3 Å². The first-order chi connectivity index (χ1) is 10.6. The molecule has 2 N–H and O–H groups in total. The molecule has 0 saturated heterocycles. The van der Waals surface area contributed by atoms with Gasteiger partial charge in [-0.2, -0.15) is 0 Å². The summed E-state index contributed by atoms with van der Waals surface area (Å²) in [6.45, 7) is 7.24. The van der Waals surface area contributed by atoms with Crippen molar-refractivity contribution in [1.29, 1.82) is 0 Å². The fourth-order valence-electron chi connectivity index (χ4n) is 2.47. The molecule has 0 unspecified atom stereocenters. The van der Waals surface area contributed by atoms with Crippen LogP contribution in [0.3, 0.4) is 0 Å². The number of aryl methyl sites for hydroxylation is 2. The summed E-state index contributed by atoms with van der Waals surface area (Å²) in [5.74, 6) is 1.66. The van der Waals surface area contributed by atoms with Gasteiger partial charge in [0.15, 0.2) is 0 Å². The maximum Gasteiger partial charge on any atom is 0.125 e. The van der Waals surface area contributed by atoms with Gasteiger partial charge in [0, 0.05) is 22.8 Å². The SMILES string of the molecule is CCCN=C(N)C1=CCCC=C1CSc1cc(C)ccc1C. The third-order valence-corrected chi connectivity index (χ3v) is 4.97. The number of aliphatic imine (C=N–C) groups is 1. The average Bonchev–Trinajstić information content (AvgIpc) is 2.53. The summed E-state index contributed by atoms with van der Waals surface area (Å²) >= 11 is 1.89. The topological polar surface area (TPSA) is 38.4 Å². The summed E-state index contributed by atoms with van der Waals surface area (Å²) in [6, 6.07) is 6.63. The molecule has 1 aliphatic rings. The molecule has 118 valence electrons. The Balaban J connectivity index is 2.09. The lowest BCUT2D eigenvalue weighted by Gasteiger charge is -2.16. The van der Waals surface area contributed by atoms with Crippen molar-refractivity contribution >= 4 is 17.6 Å². The zero-order chi connectivity index (χ0) is 15.9. The van der Waals surface area contributed by atoms with E-state index in [4.69, 9.17) is 5.73 Å². The van der Waals surface area contributed by atoms with Gasteiger partial charge >= 0.3 is 0 Å². The third kappa shape index (κ3) is 4.51. The molecule has 0 aromatic heterocycles. The normalized spacial score (nSPS) is 15.5. The average molecular weight is 314 g/mol. The number of rotatable bonds is 6. The molecule has 0 bridgehead atoms. The molecular weight excluding hydrogens is 288 g/mol. The quantitative estimate of drug-likeness (QED) is 0.465. The van der Waals surface area contributed by atoms with Crippen LogP contribution in [0.5, 0.6) is 0 Å². The van der Waals surface area contributed by atoms with Crippen molar-refractivity contribution in [2.75, 3.05) is 12.3 Å². The van der Waals surface area contributed by atoms with Crippen molar-refractivity contribution in [3.05, 3.63) is 52.6 Å². The van der Waals surface area contributed by atoms with E-state index in [1.165, 1.54) is 21.6 Å². The molecule has 2 rings (SSSR count). The molecule has 0 spiro atoms. The molecule has 1 aromatic carbocycles. The van der Waals surface area contributed by atoms with Crippen LogP contribution in [0, 0.1) is 13.8 Å². The van der Waals surface area contributed by atoms with Crippen molar-refractivity contribution in [2.45, 2.75) is 44.9 Å². The molecule has 1 aromatic rings. The minimum absolute atomic E-state index is 0.703. The predicted octanol–water partition coefficient (Wildman–Crippen LogP) is 4.81. The highest BCUT2D eigenvalue weighted by Gasteiger charge is 2.13. The van der Waals surface area contributed by atoms with E-state index < -0.39 is 0 Å². The summed E-state index contributed by atoms with van der Waals surface area (Å²) in [5, 5.41) is 0. The van der Waals surface area contributed by atoms with Gasteiger partial charge in [-0.25, -0.2) is 0 Å². The minimum atomic E-state index is 0.703. The summed E-state index contributed by atoms with van der Waals surface area (Å²) in [6.07, 6.45) is 7.77. The minimum Gasteiger partial charge on any atom is -0.384 e. The Kier molecular flexibility index (Phi) is 6.32. The van der Waals surface area contributed by atoms with Gasteiger partial charge in [-0.15, -0.1) is 11.8 Å². The Morgan fingerprint density at radius 3 is 2.77 bits per heavy atom. The molecule has 0 heterocycles. The van der Waals surface area contributed by atoms with Crippen LogP contribution in [0.1, 0.15) is 37.3 Å². The molecule has 22 heavy (non-hydrogen) atoms. The van der Waals surface area contributed by atoms with Crippen molar-refractivity contribution in [1.82, 2.24) is 0 Å². The number of nitrogens with two attached hydrogens (primary N) is 1. The number of allylic oxidation sites excluding steroid dienone is 2. The number of hydrogen-bond donors (Lipinski definition) is 1. The molecule has 0 saturated carbocycles. The third-order valence-electron chi connectivity index (χ3n) is 3.76. The van der Waals surface area contributed by atoms with Crippen LogP contribution in [-0.4, -0.2) is 18.1 Å². The number of amidine groups is 1. The number of nitrogens with zero attached hydrogens (tertiary/aromatic N) is 1. The van der Waals surface area contributed by atoms with Crippen molar-refractivity contribution in [3.63, 3.8) is 0 Å². The van der Waals surface area contributed by atoms with Crippen LogP contribution in [0.2, 0.25) is 0 Å². The van der Waals surface area contributed by atoms with Crippen LogP contribution < -0.4 is 5.73 Å². The van der Waals surface area contributed by atoms with E-state index in [2.05, 4.69) is 56.1 Å². The van der Waals surface area contributed by atoms with Gasteiger partial charge in [0.2, 0.25) is 0 Å². The second-order valence-electron chi connectivity index (χ2n) is 5.75. The van der Waals surface area contributed by atoms with Gasteiger partial charge in [-0.1, -0.05) is 36.8 Å². The van der Waals surface area contributed by atoms with E-state index in [0.29, 0.717) is 5.84 Å². The fraction of sp³-hybridized carbons (Fsp3) is 0.421. The molecular formula is C19H26N2S. The van der Waals surface area contributed by atoms with Gasteiger partial charge in [-0.3, -0.25) is 4.99 Å². The number of benzene rings is 1. The van der Waals surface area contributed by atoms with Crippen LogP contribution in [-0.2, 0) is 0 Å². The van der Waals surface area contributed by atoms with E-state index in [1.54, 1.807) is 0 Å². The van der Waals surface area contributed by atoms with Gasteiger partial charge < -0.3 is 5.73 Å². The summed E-state index contributed by atoms with van der Waals surface area (Å²) < 4.78 is 0. The van der Waals surface area contributed by atoms with E-state index >= 15 is 0 Å². The lowest BCUT2D eigenvalue weighted by Crippen LogP contribution is -2.19. The maximum absolute atomic E-state index is 6.18. The second kappa shape index (κ2) is 8.23. The number of thioether (sulfide) groups is 1. The van der Waals surface area contributed by atoms with Crippen molar-refractivity contribution in [3.8, 4) is 0 Å². The summed E-state index contributed by atoms with van der Waals surface area (Å²) in [5.41, 5.74) is 11.3. The molecule has 0 radical (unpaired) electrons. The molecule has 0 aliphatic heterocycles. The van der Waals surface area contributed by atoms with Gasteiger partial charge in [0.1, 0.15) is 5.84 Å². The van der Waals surface area contributed by atoms with Crippen LogP contribution in [0.25, 0.3) is 0 Å². The van der Waals surface area contributed by atoms with Crippen LogP contribution >= 0.6 is 11.8 Å². The molecule has 0 amide bonds. The maximum atomic E-state index is 6.18. The van der Waals surface area contributed by atoms with Gasteiger partial charge in [0.25, 0.3) is 0 Å². The number of hydrogen-bond acceptors (Lipinski definition) is 2. The predicted molar refractivity (Wildman–Crippen MR) is 98.8 cm³/mol. The lowest BCUT2D eigenvalue weighted by molar-refractivity contribution is 0.927. The molecule has 2 nitrogen and oxygen atoms in total. The summed E-state index contributed by atoms with van der Waals surface area (Å²) in [7, 11) is 0. The first-order valence-electron chi connectivity index (χ1n) is 8.01. The molecule has 3 heteroatoms. The highest BCUT2D eigenvalue weighted by Crippen LogP contribution is 2.29. The first kappa shape index (κ1) is 16.9. The Morgan fingerprint density at radius 2 is 2.00 bits per heavy atom. The highest BCUT2D eigenvalue weighted by molar-refractivity contribution is 7.99.